The number of carbonyl (C=O) groups excluding carboxylic acids is 1. The van der Waals surface area contributed by atoms with Crippen LogP contribution in [0.5, 0.6) is 0 Å². The second kappa shape index (κ2) is 8.37. The highest BCUT2D eigenvalue weighted by molar-refractivity contribution is 6.30. The van der Waals surface area contributed by atoms with E-state index in [2.05, 4.69) is 34.2 Å². The van der Waals surface area contributed by atoms with Gasteiger partial charge in [-0.15, -0.1) is 0 Å². The molecule has 0 unspecified atom stereocenters. The third-order valence-electron chi connectivity index (χ3n) is 4.58. The van der Waals surface area contributed by atoms with Crippen molar-refractivity contribution in [1.82, 2.24) is 4.90 Å². The second-order valence-electron chi connectivity index (χ2n) is 6.34. The fourth-order valence-corrected chi connectivity index (χ4v) is 3.17. The monoisotopic (exact) mass is 357 g/mol. The first-order valence-electron chi connectivity index (χ1n) is 8.75. The zero-order chi connectivity index (χ0) is 17.6. The third-order valence-corrected chi connectivity index (χ3v) is 4.83. The standard InChI is InChI=1S/C20H24ClN3O/c1-2-16-3-7-18(8-4-16)22-20(25)15-23-11-13-24(14-12-23)19-9-5-17(21)6-10-19/h3-10H,2,11-15H2,1H3,(H,22,25). The molecule has 1 amide bonds. The summed E-state index contributed by atoms with van der Waals surface area (Å²) in [7, 11) is 0. The zero-order valence-corrected chi connectivity index (χ0v) is 15.3. The van der Waals surface area contributed by atoms with Crippen molar-refractivity contribution in [3.63, 3.8) is 0 Å². The number of amides is 1. The summed E-state index contributed by atoms with van der Waals surface area (Å²) >= 11 is 5.94. The van der Waals surface area contributed by atoms with Gasteiger partial charge >= 0.3 is 0 Å². The molecule has 0 aromatic heterocycles. The molecular formula is C20H24ClN3O. The van der Waals surface area contributed by atoms with Gasteiger partial charge in [-0.05, 0) is 48.4 Å². The van der Waals surface area contributed by atoms with E-state index in [0.29, 0.717) is 6.54 Å². The van der Waals surface area contributed by atoms with Crippen LogP contribution in [0.1, 0.15) is 12.5 Å². The first-order chi connectivity index (χ1) is 12.1. The number of hydrogen-bond acceptors (Lipinski definition) is 3. The highest BCUT2D eigenvalue weighted by Crippen LogP contribution is 2.19. The molecule has 25 heavy (non-hydrogen) atoms. The molecule has 1 heterocycles. The third kappa shape index (κ3) is 4.97. The van der Waals surface area contributed by atoms with Crippen LogP contribution in [0.3, 0.4) is 0 Å². The number of rotatable bonds is 5. The van der Waals surface area contributed by atoms with E-state index < -0.39 is 0 Å². The number of hydrogen-bond donors (Lipinski definition) is 1. The highest BCUT2D eigenvalue weighted by Gasteiger charge is 2.19. The fraction of sp³-hybridized carbons (Fsp3) is 0.350. The van der Waals surface area contributed by atoms with Crippen LogP contribution in [-0.2, 0) is 11.2 Å². The normalized spacial score (nSPS) is 15.2. The molecule has 1 saturated heterocycles. The molecule has 0 aliphatic carbocycles. The molecule has 0 bridgehead atoms. The Balaban J connectivity index is 1.46. The molecule has 0 spiro atoms. The predicted molar refractivity (Wildman–Crippen MR) is 105 cm³/mol. The van der Waals surface area contributed by atoms with Crippen LogP contribution in [0.15, 0.2) is 48.5 Å². The van der Waals surface area contributed by atoms with E-state index in [1.165, 1.54) is 11.3 Å². The van der Waals surface area contributed by atoms with Gasteiger partial charge in [-0.2, -0.15) is 0 Å². The van der Waals surface area contributed by atoms with Gasteiger partial charge in [-0.25, -0.2) is 0 Å². The van der Waals surface area contributed by atoms with Gasteiger partial charge < -0.3 is 10.2 Å². The molecule has 5 heteroatoms. The van der Waals surface area contributed by atoms with Gasteiger partial charge in [0, 0.05) is 42.6 Å². The zero-order valence-electron chi connectivity index (χ0n) is 14.5. The number of piperazine rings is 1. The largest absolute Gasteiger partial charge is 0.369 e. The molecule has 0 atom stereocenters. The van der Waals surface area contributed by atoms with Gasteiger partial charge in [0.2, 0.25) is 5.91 Å². The lowest BCUT2D eigenvalue weighted by Crippen LogP contribution is -2.48. The molecule has 2 aromatic carbocycles. The van der Waals surface area contributed by atoms with Crippen LogP contribution in [0.4, 0.5) is 11.4 Å². The van der Waals surface area contributed by atoms with E-state index in [1.807, 2.05) is 36.4 Å². The van der Waals surface area contributed by atoms with Crippen molar-refractivity contribution in [2.24, 2.45) is 0 Å². The Labute approximate surface area is 154 Å². The summed E-state index contributed by atoms with van der Waals surface area (Å²) in [6.45, 7) is 6.15. The molecule has 3 rings (SSSR count). The number of halogens is 1. The van der Waals surface area contributed by atoms with E-state index in [9.17, 15) is 4.79 Å². The molecular weight excluding hydrogens is 334 g/mol. The van der Waals surface area contributed by atoms with Crippen molar-refractivity contribution in [2.45, 2.75) is 13.3 Å². The smallest absolute Gasteiger partial charge is 0.238 e. The summed E-state index contributed by atoms with van der Waals surface area (Å²) in [6, 6.07) is 16.0. The Morgan fingerprint density at radius 2 is 1.64 bits per heavy atom. The van der Waals surface area contributed by atoms with Crippen LogP contribution in [0.2, 0.25) is 5.02 Å². The molecule has 0 saturated carbocycles. The number of nitrogens with zero attached hydrogens (tertiary/aromatic N) is 2. The van der Waals surface area contributed by atoms with Gasteiger partial charge in [-0.3, -0.25) is 9.69 Å². The lowest BCUT2D eigenvalue weighted by Gasteiger charge is -2.35. The summed E-state index contributed by atoms with van der Waals surface area (Å²) in [5.74, 6) is 0.0455. The minimum atomic E-state index is 0.0455. The van der Waals surface area contributed by atoms with Crippen LogP contribution in [0, 0.1) is 0 Å². The average molecular weight is 358 g/mol. The van der Waals surface area contributed by atoms with Gasteiger partial charge in [0.05, 0.1) is 6.54 Å². The lowest BCUT2D eigenvalue weighted by molar-refractivity contribution is -0.117. The van der Waals surface area contributed by atoms with E-state index >= 15 is 0 Å². The maximum Gasteiger partial charge on any atom is 0.238 e. The maximum absolute atomic E-state index is 12.2. The van der Waals surface area contributed by atoms with Gasteiger partial charge in [0.25, 0.3) is 0 Å². The van der Waals surface area contributed by atoms with Crippen LogP contribution >= 0.6 is 11.6 Å². The number of anilines is 2. The number of nitrogens with one attached hydrogen (secondary N) is 1. The number of carbonyl (C=O) groups is 1. The quantitative estimate of drug-likeness (QED) is 0.887. The summed E-state index contributed by atoms with van der Waals surface area (Å²) in [6.07, 6.45) is 1.01. The molecule has 1 N–H and O–H groups in total. The van der Waals surface area contributed by atoms with E-state index in [1.54, 1.807) is 0 Å². The molecule has 4 nitrogen and oxygen atoms in total. The van der Waals surface area contributed by atoms with Crippen molar-refractivity contribution in [3.05, 3.63) is 59.1 Å². The van der Waals surface area contributed by atoms with E-state index in [4.69, 9.17) is 11.6 Å². The number of benzene rings is 2. The van der Waals surface area contributed by atoms with E-state index in [0.717, 1.165) is 43.3 Å². The lowest BCUT2D eigenvalue weighted by atomic mass is 10.1. The molecule has 0 radical (unpaired) electrons. The Morgan fingerprint density at radius 1 is 1.00 bits per heavy atom. The predicted octanol–water partition coefficient (Wildman–Crippen LogP) is 3.66. The van der Waals surface area contributed by atoms with Crippen molar-refractivity contribution in [1.29, 1.82) is 0 Å². The van der Waals surface area contributed by atoms with Crippen molar-refractivity contribution < 1.29 is 4.79 Å². The van der Waals surface area contributed by atoms with Gasteiger partial charge in [-0.1, -0.05) is 30.7 Å². The van der Waals surface area contributed by atoms with Crippen LogP contribution < -0.4 is 10.2 Å². The number of aryl methyl sites for hydroxylation is 1. The fourth-order valence-electron chi connectivity index (χ4n) is 3.04. The Kier molecular flexibility index (Phi) is 5.95. The van der Waals surface area contributed by atoms with E-state index in [-0.39, 0.29) is 5.91 Å². The van der Waals surface area contributed by atoms with Crippen molar-refractivity contribution in [3.8, 4) is 0 Å². The Hall–Kier alpha value is -2.04. The second-order valence-corrected chi connectivity index (χ2v) is 6.77. The van der Waals surface area contributed by atoms with Gasteiger partial charge in [0.15, 0.2) is 0 Å². The van der Waals surface area contributed by atoms with Crippen molar-refractivity contribution >= 4 is 28.9 Å². The SMILES string of the molecule is CCc1ccc(NC(=O)CN2CCN(c3ccc(Cl)cc3)CC2)cc1. The minimum Gasteiger partial charge on any atom is -0.369 e. The Bertz CT molecular complexity index is 692. The molecule has 1 fully saturated rings. The van der Waals surface area contributed by atoms with Crippen LogP contribution in [0.25, 0.3) is 0 Å². The first-order valence-corrected chi connectivity index (χ1v) is 9.13. The summed E-state index contributed by atoms with van der Waals surface area (Å²) in [5, 5.41) is 3.74. The summed E-state index contributed by atoms with van der Waals surface area (Å²) in [4.78, 5) is 16.8. The topological polar surface area (TPSA) is 35.6 Å². The Morgan fingerprint density at radius 3 is 2.24 bits per heavy atom. The van der Waals surface area contributed by atoms with Gasteiger partial charge in [0.1, 0.15) is 0 Å². The molecule has 2 aromatic rings. The van der Waals surface area contributed by atoms with Crippen LogP contribution in [-0.4, -0.2) is 43.5 Å². The first kappa shape index (κ1) is 17.8. The maximum atomic E-state index is 12.2. The average Bonchev–Trinajstić information content (AvgIpc) is 2.64. The molecule has 1 aliphatic heterocycles. The molecule has 1 aliphatic rings. The minimum absolute atomic E-state index is 0.0455. The summed E-state index contributed by atoms with van der Waals surface area (Å²) in [5.41, 5.74) is 3.32. The van der Waals surface area contributed by atoms with Crippen molar-refractivity contribution in [2.75, 3.05) is 42.9 Å². The summed E-state index contributed by atoms with van der Waals surface area (Å²) < 4.78 is 0. The molecule has 132 valence electrons. The highest BCUT2D eigenvalue weighted by atomic mass is 35.5.